The first kappa shape index (κ1) is 36.1. The van der Waals surface area contributed by atoms with Crippen LogP contribution in [0.15, 0.2) is 66.7 Å². The van der Waals surface area contributed by atoms with Crippen molar-refractivity contribution < 1.29 is 33.3 Å². The summed E-state index contributed by atoms with van der Waals surface area (Å²) in [4.78, 5) is 33.3. The molecule has 1 saturated heterocycles. The van der Waals surface area contributed by atoms with Gasteiger partial charge < -0.3 is 39.2 Å². The number of hydrogen-bond donors (Lipinski definition) is 2. The highest BCUT2D eigenvalue weighted by atomic mass is 35.5. The molecule has 1 aromatic heterocycles. The quantitative estimate of drug-likeness (QED) is 0.175. The first-order valence-electron chi connectivity index (χ1n) is 17.0. The van der Waals surface area contributed by atoms with Crippen LogP contribution in [0.5, 0.6) is 11.6 Å². The first-order chi connectivity index (χ1) is 24.7. The molecule has 1 amide bonds. The van der Waals surface area contributed by atoms with E-state index in [9.17, 15) is 9.59 Å². The largest absolute Gasteiger partial charge is 0.490 e. The number of fused-ring (bicyclic) bond motifs is 6. The fraction of sp³-hybridized carbons (Fsp3) is 0.359. The van der Waals surface area contributed by atoms with Gasteiger partial charge in [0.2, 0.25) is 11.8 Å². The number of ether oxygens (including phenoxy) is 5. The van der Waals surface area contributed by atoms with E-state index in [2.05, 4.69) is 10.6 Å². The smallest absolute Gasteiger partial charge is 0.338 e. The molecule has 0 aliphatic carbocycles. The summed E-state index contributed by atoms with van der Waals surface area (Å²) >= 11 is 6.33. The Kier molecular flexibility index (Phi) is 12.1. The number of carbonyl (C=O) groups excluding carboxylic acids is 2. The van der Waals surface area contributed by atoms with E-state index in [-0.39, 0.29) is 18.4 Å². The lowest BCUT2D eigenvalue weighted by atomic mass is 9.99. The molecule has 268 valence electrons. The second-order valence-electron chi connectivity index (χ2n) is 12.8. The number of nitrogens with zero attached hydrogens (tertiary/aromatic N) is 2. The highest BCUT2D eigenvalue weighted by Crippen LogP contribution is 2.36. The summed E-state index contributed by atoms with van der Waals surface area (Å²) in [6, 6.07) is 20.6. The average Bonchev–Trinajstić information content (AvgIpc) is 3.09. The number of hydrogen-bond acceptors (Lipinski definition) is 10. The first-order valence-corrected chi connectivity index (χ1v) is 17.4. The third kappa shape index (κ3) is 9.56. The standard InChI is InChI=1S/C39H43ClN4O7/c1-44(2)13-16-50-35-20-29(39(46)47-3)19-34(41-22-32-12-15-49-32)38(35)43-36(45)21-25-7-8-27-17-30(25)23-48-14-11-26-18-31(40)10-9-28(26)24-51-37-6-4-5-33(27)42-37/h4-10,17-20,32,41H,11-16,21-24H2,1-3H3,(H,43,45)/t32-/m0/s1. The Balaban J connectivity index is 1.28. The van der Waals surface area contributed by atoms with Gasteiger partial charge in [0.05, 0.1) is 49.8 Å². The van der Waals surface area contributed by atoms with Gasteiger partial charge in [0.15, 0.2) is 0 Å². The van der Waals surface area contributed by atoms with Crippen LogP contribution in [0.3, 0.4) is 0 Å². The lowest BCUT2D eigenvalue weighted by Gasteiger charge is -2.28. The second kappa shape index (κ2) is 17.0. The number of nitrogens with one attached hydrogen (secondary N) is 2. The van der Waals surface area contributed by atoms with Gasteiger partial charge in [-0.1, -0.05) is 35.9 Å². The summed E-state index contributed by atoms with van der Waals surface area (Å²) in [5, 5.41) is 7.09. The lowest BCUT2D eigenvalue weighted by Crippen LogP contribution is -2.33. The van der Waals surface area contributed by atoms with Gasteiger partial charge in [0.1, 0.15) is 24.7 Å². The number of anilines is 2. The molecule has 12 heteroatoms. The number of benzene rings is 3. The highest BCUT2D eigenvalue weighted by Gasteiger charge is 2.23. The molecule has 11 nitrogen and oxygen atoms in total. The van der Waals surface area contributed by atoms with E-state index >= 15 is 0 Å². The van der Waals surface area contributed by atoms with Crippen molar-refractivity contribution in [2.45, 2.75) is 38.6 Å². The Morgan fingerprint density at radius 1 is 1.00 bits per heavy atom. The number of carbonyl (C=O) groups is 2. The third-order valence-electron chi connectivity index (χ3n) is 8.79. The van der Waals surface area contributed by atoms with Crippen molar-refractivity contribution in [2.75, 3.05) is 64.7 Å². The minimum atomic E-state index is -0.512. The molecule has 3 heterocycles. The number of methoxy groups -OCH3 is 1. The van der Waals surface area contributed by atoms with E-state index in [1.807, 2.05) is 73.6 Å². The maximum Gasteiger partial charge on any atom is 0.338 e. The number of likely N-dealkylation sites (N-methyl/N-ethyl adjacent to an activating group) is 1. The fourth-order valence-electron chi connectivity index (χ4n) is 5.83. The molecule has 0 spiro atoms. The zero-order valence-corrected chi connectivity index (χ0v) is 29.9. The van der Waals surface area contributed by atoms with Gasteiger partial charge >= 0.3 is 5.97 Å². The maximum atomic E-state index is 13.9. The van der Waals surface area contributed by atoms with Crippen molar-refractivity contribution in [3.05, 3.63) is 99.6 Å². The molecule has 0 radical (unpaired) electrons. The van der Waals surface area contributed by atoms with Crippen LogP contribution in [-0.4, -0.2) is 82.0 Å². The Morgan fingerprint density at radius 2 is 1.86 bits per heavy atom. The van der Waals surface area contributed by atoms with Crippen molar-refractivity contribution in [3.63, 3.8) is 0 Å². The molecule has 6 rings (SSSR count). The molecule has 2 N–H and O–H groups in total. The predicted octanol–water partition coefficient (Wildman–Crippen LogP) is 6.16. The minimum Gasteiger partial charge on any atom is -0.490 e. The van der Waals surface area contributed by atoms with Crippen LogP contribution in [-0.2, 0) is 45.1 Å². The molecule has 1 fully saturated rings. The van der Waals surface area contributed by atoms with Crippen LogP contribution >= 0.6 is 11.6 Å². The van der Waals surface area contributed by atoms with Crippen molar-refractivity contribution in [3.8, 4) is 22.9 Å². The minimum absolute atomic E-state index is 0.0377. The normalized spacial score (nSPS) is 15.4. The molecule has 4 aromatic rings. The molecule has 2 aliphatic rings. The summed E-state index contributed by atoms with van der Waals surface area (Å²) in [7, 11) is 5.22. The monoisotopic (exact) mass is 714 g/mol. The van der Waals surface area contributed by atoms with Crippen molar-refractivity contribution >= 4 is 34.9 Å². The zero-order valence-electron chi connectivity index (χ0n) is 29.1. The number of pyridine rings is 1. The Morgan fingerprint density at radius 3 is 2.65 bits per heavy atom. The molecule has 51 heavy (non-hydrogen) atoms. The zero-order chi connectivity index (χ0) is 35.7. The van der Waals surface area contributed by atoms with Crippen LogP contribution in [0.2, 0.25) is 5.02 Å². The summed E-state index contributed by atoms with van der Waals surface area (Å²) in [6.07, 6.45) is 1.67. The van der Waals surface area contributed by atoms with Crippen molar-refractivity contribution in [1.82, 2.24) is 9.88 Å². The van der Waals surface area contributed by atoms with Crippen LogP contribution in [0.1, 0.15) is 39.0 Å². The van der Waals surface area contributed by atoms with Crippen molar-refractivity contribution in [2.24, 2.45) is 0 Å². The van der Waals surface area contributed by atoms with Gasteiger partial charge in [-0.15, -0.1) is 0 Å². The Hall–Kier alpha value is -4.68. The molecule has 0 saturated carbocycles. The van der Waals surface area contributed by atoms with E-state index in [1.54, 1.807) is 12.1 Å². The molecule has 3 aromatic carbocycles. The van der Waals surface area contributed by atoms with Crippen LogP contribution in [0, 0.1) is 0 Å². The lowest BCUT2D eigenvalue weighted by molar-refractivity contribution is -0.115. The van der Waals surface area contributed by atoms with Gasteiger partial charge in [-0.25, -0.2) is 9.78 Å². The summed E-state index contributed by atoms with van der Waals surface area (Å²) in [5.41, 5.74) is 6.63. The summed E-state index contributed by atoms with van der Waals surface area (Å²) in [5.74, 6) is 0.102. The van der Waals surface area contributed by atoms with E-state index in [1.165, 1.54) is 7.11 Å². The van der Waals surface area contributed by atoms with E-state index < -0.39 is 5.97 Å². The highest BCUT2D eigenvalue weighted by molar-refractivity contribution is 6.30. The summed E-state index contributed by atoms with van der Waals surface area (Å²) in [6.45, 7) is 3.29. The second-order valence-corrected chi connectivity index (χ2v) is 13.2. The van der Waals surface area contributed by atoms with E-state index in [4.69, 9.17) is 40.3 Å². The van der Waals surface area contributed by atoms with Gasteiger partial charge in [-0.3, -0.25) is 4.79 Å². The predicted molar refractivity (Wildman–Crippen MR) is 196 cm³/mol. The van der Waals surface area contributed by atoms with Crippen LogP contribution in [0.4, 0.5) is 11.4 Å². The number of amides is 1. The molecular formula is C39H43ClN4O7. The molecule has 4 bridgehead atoms. The van der Waals surface area contributed by atoms with Crippen molar-refractivity contribution in [1.29, 1.82) is 0 Å². The Labute approximate surface area is 303 Å². The maximum absolute atomic E-state index is 13.9. The SMILES string of the molecule is COC(=O)c1cc(NC[C@@H]2CCO2)c(NC(=O)Cc2ccc3cc2COCCc2cc(Cl)ccc2COc2cccc-3n2)c(OCCN(C)C)c1. The van der Waals surface area contributed by atoms with E-state index in [0.717, 1.165) is 39.9 Å². The van der Waals surface area contributed by atoms with Crippen LogP contribution in [0.25, 0.3) is 11.3 Å². The fourth-order valence-corrected chi connectivity index (χ4v) is 6.02. The Bertz CT molecular complexity index is 1860. The van der Waals surface area contributed by atoms with Gasteiger partial charge in [-0.05, 0) is 85.6 Å². The number of rotatable bonds is 11. The molecule has 0 unspecified atom stereocenters. The van der Waals surface area contributed by atoms with Gasteiger partial charge in [0.25, 0.3) is 0 Å². The number of aromatic nitrogens is 1. The molecule has 2 aliphatic heterocycles. The number of halogens is 1. The summed E-state index contributed by atoms with van der Waals surface area (Å²) < 4.78 is 29.1. The topological polar surface area (TPSA) is 120 Å². The molecule has 1 atom stereocenters. The van der Waals surface area contributed by atoms with Gasteiger partial charge in [-0.2, -0.15) is 0 Å². The van der Waals surface area contributed by atoms with E-state index in [0.29, 0.717) is 86.1 Å². The third-order valence-corrected chi connectivity index (χ3v) is 9.03. The number of esters is 1. The van der Waals surface area contributed by atoms with Gasteiger partial charge in [0, 0.05) is 36.3 Å². The van der Waals surface area contributed by atoms with Crippen LogP contribution < -0.4 is 20.1 Å². The molecular weight excluding hydrogens is 672 g/mol. The average molecular weight is 715 g/mol.